The van der Waals surface area contributed by atoms with Crippen molar-refractivity contribution in [1.29, 1.82) is 0 Å². The van der Waals surface area contributed by atoms with Crippen LogP contribution in [0, 0.1) is 0 Å². The van der Waals surface area contributed by atoms with Gasteiger partial charge in [0, 0.05) is 246 Å². The fourth-order valence-electron chi connectivity index (χ4n) is 17.1. The lowest BCUT2D eigenvalue weighted by Crippen LogP contribution is -2.50. The zero-order valence-electron chi connectivity index (χ0n) is 72.4. The number of nitrogens with zero attached hydrogens (tertiary/aromatic N) is 23. The van der Waals surface area contributed by atoms with Gasteiger partial charge in [0.15, 0.2) is 16.9 Å². The molecule has 3 aliphatic heterocycles. The third-order valence-corrected chi connectivity index (χ3v) is 25.5. The number of benzene rings is 2. The van der Waals surface area contributed by atoms with Crippen LogP contribution in [-0.2, 0) is 32.7 Å². The second kappa shape index (κ2) is 38.3. The number of likely N-dealkylation sites (N-methyl/N-ethyl adjacent to an activating group) is 3. The van der Waals surface area contributed by atoms with Crippen molar-refractivity contribution in [2.75, 3.05) is 156 Å². The Morgan fingerprint density at radius 1 is 0.429 bits per heavy atom. The molecular weight excluding hydrogens is 1600 g/mol. The number of anilines is 3. The molecule has 3 saturated heterocycles. The number of nitrogens with one attached hydrogen (secondary N) is 3. The lowest BCUT2D eigenvalue weighted by atomic mass is 9.89. The molecule has 2 unspecified atom stereocenters. The Morgan fingerprint density at radius 2 is 0.778 bits per heavy atom. The van der Waals surface area contributed by atoms with E-state index in [9.17, 15) is 29.7 Å². The molecule has 34 heteroatoms. The number of pyridine rings is 3. The minimum atomic E-state index is -1.05. The molecule has 6 aliphatic rings. The van der Waals surface area contributed by atoms with E-state index in [4.69, 9.17) is 35.8 Å². The van der Waals surface area contributed by atoms with E-state index in [1.807, 2.05) is 113 Å². The molecule has 0 radical (unpaired) electrons. The largest absolute Gasteiger partial charge is 0.477 e. The highest BCUT2D eigenvalue weighted by atomic mass is 16.4. The van der Waals surface area contributed by atoms with Crippen molar-refractivity contribution in [1.82, 2.24) is 112 Å². The van der Waals surface area contributed by atoms with E-state index in [0.29, 0.717) is 59.7 Å². The number of fused-ring (bicyclic) bond motifs is 6. The Labute approximate surface area is 730 Å². The molecular formula is C92H113N27O7. The summed E-state index contributed by atoms with van der Waals surface area (Å²) in [6.45, 7) is 19.5. The number of rotatable bonds is 24. The van der Waals surface area contributed by atoms with Crippen LogP contribution in [0.4, 0.5) is 17.5 Å². The summed E-state index contributed by atoms with van der Waals surface area (Å²) in [6, 6.07) is 38.1. The molecule has 12 aromatic heterocycles. The number of carboxylic acids is 1. The SMILES string of the molecule is CN1CCN(CCn2cc(-c3cc(N(C)Cc4ccccc4)n4ncc(C(=O)NC5CC[C@@H]5O)c4n3)c3cccnc32)CC1.CN1CCN(CCn2cc(-c3cc(N(C)Cc4ccccc4)n4ncc(C(=O)O)c4n3)c3cccnc32)CC1.CNc1cc(-c2cn(CCN3CCN(C)CC3)c3ncccc23)nc2c(C(=O)NC3CC[C@@H]3O)cnn12.N[C@H]1CC[C@@H]1O. The van der Waals surface area contributed by atoms with Crippen molar-refractivity contribution in [3.05, 3.63) is 199 Å². The number of hydrogen-bond acceptors (Lipinski definition) is 25. The minimum Gasteiger partial charge on any atom is -0.477 e. The number of amides is 2. The first-order valence-electron chi connectivity index (χ1n) is 43.8. The third kappa shape index (κ3) is 18.8. The second-order valence-electron chi connectivity index (χ2n) is 34.2. The molecule has 126 heavy (non-hydrogen) atoms. The van der Waals surface area contributed by atoms with Crippen LogP contribution in [0.1, 0.15) is 80.7 Å². The number of carbonyl (C=O) groups is 3. The summed E-state index contributed by atoms with van der Waals surface area (Å²) in [6.07, 6.45) is 20.0. The Bertz CT molecular complexity index is 6130. The van der Waals surface area contributed by atoms with Crippen molar-refractivity contribution in [3.8, 4) is 33.8 Å². The van der Waals surface area contributed by atoms with Gasteiger partial charge in [0.05, 0.1) is 66.1 Å². The van der Waals surface area contributed by atoms with Gasteiger partial charge < -0.3 is 80.3 Å². The number of aliphatic hydroxyl groups excluding tert-OH is 3. The highest BCUT2D eigenvalue weighted by molar-refractivity contribution is 6.03. The number of piperazine rings is 3. The fraction of sp³-hybridized carbons (Fsp3) is 0.413. The molecule has 6 atom stereocenters. The summed E-state index contributed by atoms with van der Waals surface area (Å²) in [5, 5.41) is 64.0. The van der Waals surface area contributed by atoms with Gasteiger partial charge in [-0.05, 0) is 107 Å². The molecule has 2 amide bonds. The van der Waals surface area contributed by atoms with Crippen LogP contribution in [0.5, 0.6) is 0 Å². The molecule has 2 aromatic carbocycles. The zero-order valence-corrected chi connectivity index (χ0v) is 72.4. The first-order valence-corrected chi connectivity index (χ1v) is 43.8. The molecule has 6 fully saturated rings. The van der Waals surface area contributed by atoms with E-state index in [1.165, 1.54) is 12.4 Å². The molecule has 15 heterocycles. The monoisotopic (exact) mass is 1710 g/mol. The predicted octanol–water partition coefficient (Wildman–Crippen LogP) is 6.97. The van der Waals surface area contributed by atoms with E-state index < -0.39 is 18.2 Å². The molecule has 658 valence electrons. The van der Waals surface area contributed by atoms with Crippen LogP contribution >= 0.6 is 0 Å². The number of carboxylic acid groups (broad SMARTS) is 1. The summed E-state index contributed by atoms with van der Waals surface area (Å²) in [5.41, 5.74) is 17.4. The Morgan fingerprint density at radius 3 is 1.11 bits per heavy atom. The summed E-state index contributed by atoms with van der Waals surface area (Å²) in [4.78, 5) is 86.2. The first-order chi connectivity index (χ1) is 61.2. The van der Waals surface area contributed by atoms with Gasteiger partial charge in [0.2, 0.25) is 0 Å². The number of aliphatic hydroxyl groups is 3. The highest BCUT2D eigenvalue weighted by Gasteiger charge is 2.35. The molecule has 34 nitrogen and oxygen atoms in total. The summed E-state index contributed by atoms with van der Waals surface area (Å²) in [5.74, 6) is 0.697. The second-order valence-corrected chi connectivity index (χ2v) is 34.2. The molecule has 3 saturated carbocycles. The molecule has 9 N–H and O–H groups in total. The lowest BCUT2D eigenvalue weighted by molar-refractivity contribution is 0.0448. The zero-order chi connectivity index (χ0) is 87.2. The summed E-state index contributed by atoms with van der Waals surface area (Å²) in [7, 11) is 12.3. The number of hydrogen-bond donors (Lipinski definition) is 8. The quantitative estimate of drug-likeness (QED) is 0.0303. The molecule has 14 aromatic rings. The van der Waals surface area contributed by atoms with Crippen molar-refractivity contribution < 1.29 is 34.8 Å². The fourth-order valence-corrected chi connectivity index (χ4v) is 17.1. The van der Waals surface area contributed by atoms with Crippen molar-refractivity contribution >= 4 is 85.3 Å². The summed E-state index contributed by atoms with van der Waals surface area (Å²) >= 11 is 0. The topological polar surface area (TPSA) is 364 Å². The van der Waals surface area contributed by atoms with E-state index in [0.717, 1.165) is 233 Å². The Balaban J connectivity index is 0.000000129. The van der Waals surface area contributed by atoms with E-state index in [2.05, 4.69) is 171 Å². The van der Waals surface area contributed by atoms with Crippen LogP contribution in [0.3, 0.4) is 0 Å². The van der Waals surface area contributed by atoms with Gasteiger partial charge in [-0.2, -0.15) is 28.8 Å². The van der Waals surface area contributed by atoms with Gasteiger partial charge in [0.25, 0.3) is 11.8 Å². The molecule has 20 rings (SSSR count). The van der Waals surface area contributed by atoms with E-state index in [-0.39, 0.29) is 41.6 Å². The van der Waals surface area contributed by atoms with Crippen LogP contribution in [0.2, 0.25) is 0 Å². The lowest BCUT2D eigenvalue weighted by Gasteiger charge is -2.32. The number of nitrogens with two attached hydrogens (primary N) is 1. The standard InChI is InChI=1S/C33H39N9O2.C29H32N8O2.C26H33N9O2.C4H9NO/c1-38-13-15-40(16-14-38)17-18-41-22-26(24-9-6-12-34-31(24)41)28-19-30(39(2)21-23-7-4-3-5-8-23)42-32(36-28)25(20-35-42)33(44)37-27-10-11-29(27)43;1-33-11-13-35(14-12-33)15-16-36-20-24(22-9-6-10-30-27(22)36)25-17-26(34(2)19-21-7-4-3-5-8-21)37-28(32-25)23(18-31-37)29(38)39;1-27-23-14-21(30-25-18(15-29-35(23)25)26(37)31-20-5-6-22(20)36)19-16-34(24-17(19)4-3-7-28-24)13-12-33-10-8-32(2)9-11-33;5-3-1-2-4(3)6/h3-9,12,19-20,22,27,29,43H,10-11,13-18,21H2,1-2H3,(H,37,44);3-10,17-18,20H,11-16,19H2,1-2H3,(H,38,39);3-4,7,14-16,20,22,27,36H,5-6,8-13H2,1-2H3,(H,31,37);3-4,6H,1-2,5H2/t27?,29-;;20?,22-;3-,4-/m0.00/s1. The minimum absolute atomic E-state index is 0.0724. The maximum atomic E-state index is 13.4. The average molecular weight is 1710 g/mol. The van der Waals surface area contributed by atoms with E-state index >= 15 is 0 Å². The maximum absolute atomic E-state index is 13.4. The van der Waals surface area contributed by atoms with Gasteiger partial charge in [-0.15, -0.1) is 0 Å². The number of aromatic nitrogens is 15. The van der Waals surface area contributed by atoms with E-state index in [1.54, 1.807) is 19.7 Å². The smallest absolute Gasteiger partial charge is 0.341 e. The normalized spacial score (nSPS) is 19.6. The Hall–Kier alpha value is -12.2. The number of carbonyl (C=O) groups excluding carboxylic acids is 2. The van der Waals surface area contributed by atoms with Gasteiger partial charge in [-0.1, -0.05) is 60.7 Å². The molecule has 0 spiro atoms. The van der Waals surface area contributed by atoms with Crippen molar-refractivity contribution in [2.45, 2.75) is 108 Å². The first kappa shape index (κ1) is 85.9. The summed E-state index contributed by atoms with van der Waals surface area (Å²) < 4.78 is 11.6. The van der Waals surface area contributed by atoms with Crippen LogP contribution in [0.25, 0.3) is 83.8 Å². The predicted molar refractivity (Wildman–Crippen MR) is 487 cm³/mol. The van der Waals surface area contributed by atoms with Crippen LogP contribution in [0.15, 0.2) is 171 Å². The molecule has 0 bridgehead atoms. The average Bonchev–Trinajstić information content (AvgIpc) is 1.60. The molecule has 3 aliphatic carbocycles. The van der Waals surface area contributed by atoms with Gasteiger partial charge in [0.1, 0.15) is 51.1 Å². The maximum Gasteiger partial charge on any atom is 0.341 e. The third-order valence-electron chi connectivity index (χ3n) is 25.5. The van der Waals surface area contributed by atoms with Gasteiger partial charge in [-0.3, -0.25) is 24.3 Å². The van der Waals surface area contributed by atoms with Crippen molar-refractivity contribution in [2.24, 2.45) is 5.73 Å². The van der Waals surface area contributed by atoms with Crippen molar-refractivity contribution in [3.63, 3.8) is 0 Å². The van der Waals surface area contributed by atoms with Crippen LogP contribution in [-0.4, -0.2) is 317 Å². The highest BCUT2D eigenvalue weighted by Crippen LogP contribution is 2.37. The van der Waals surface area contributed by atoms with Gasteiger partial charge >= 0.3 is 5.97 Å². The van der Waals surface area contributed by atoms with Gasteiger partial charge in [-0.25, -0.2) is 34.7 Å². The van der Waals surface area contributed by atoms with Crippen LogP contribution < -0.4 is 31.5 Å². The Kier molecular flexibility index (Phi) is 26.1. The number of aromatic carboxylic acids is 1.